The molecule has 0 radical (unpaired) electrons. The van der Waals surface area contributed by atoms with E-state index in [2.05, 4.69) is 0 Å². The van der Waals surface area contributed by atoms with E-state index in [1.165, 1.54) is 26.0 Å². The molecule has 2 aliphatic rings. The Morgan fingerprint density at radius 2 is 1.62 bits per heavy atom. The predicted octanol–water partition coefficient (Wildman–Crippen LogP) is 2.68. The van der Waals surface area contributed by atoms with E-state index in [1.807, 2.05) is 0 Å². The molecule has 26 heavy (non-hydrogen) atoms. The fraction of sp³-hybridized carbons (Fsp3) is 0.333. The van der Waals surface area contributed by atoms with Crippen molar-refractivity contribution in [2.75, 3.05) is 0 Å². The minimum Gasteiger partial charge on any atom is -0.387 e. The van der Waals surface area contributed by atoms with Gasteiger partial charge in [0, 0.05) is 5.57 Å². The fourth-order valence-corrected chi connectivity index (χ4v) is 5.36. The quantitative estimate of drug-likeness (QED) is 0.767. The van der Waals surface area contributed by atoms with Crippen LogP contribution in [0.1, 0.15) is 29.2 Å². The average molecular weight is 386 g/mol. The van der Waals surface area contributed by atoms with Crippen molar-refractivity contribution in [1.29, 1.82) is 0 Å². The Labute approximate surface area is 148 Å². The molecule has 3 unspecified atom stereocenters. The van der Waals surface area contributed by atoms with Crippen molar-refractivity contribution in [3.05, 3.63) is 68.9 Å². The van der Waals surface area contributed by atoms with Crippen LogP contribution in [0.25, 0.3) is 0 Å². The van der Waals surface area contributed by atoms with E-state index in [1.54, 1.807) is 12.2 Å². The second-order valence-electron chi connectivity index (χ2n) is 6.36. The zero-order valence-corrected chi connectivity index (χ0v) is 14.8. The summed E-state index contributed by atoms with van der Waals surface area (Å²) < 4.78 is 68.4. The largest absolute Gasteiger partial charge is 0.387 e. The van der Waals surface area contributed by atoms with Gasteiger partial charge in [-0.05, 0) is 37.5 Å². The highest BCUT2D eigenvalue weighted by Crippen LogP contribution is 2.42. The first-order chi connectivity index (χ1) is 12.1. The standard InChI is InChI=1S/C18H17F3O4S/c1-8-9(2)14(20)15(21)12(13(8)19)17(23)18-16(22)10-6-4-3-5-7-11(10)26(18,24)25/h4-7,16-18,22-23H,3H2,1-2H3. The average Bonchev–Trinajstić information content (AvgIpc) is 2.77. The van der Waals surface area contributed by atoms with Crippen molar-refractivity contribution in [2.24, 2.45) is 0 Å². The van der Waals surface area contributed by atoms with Crippen LogP contribution in [0.5, 0.6) is 0 Å². The molecule has 0 amide bonds. The molecule has 140 valence electrons. The van der Waals surface area contributed by atoms with Gasteiger partial charge in [0.1, 0.15) is 23.3 Å². The number of benzene rings is 1. The number of hydrogen-bond acceptors (Lipinski definition) is 4. The zero-order valence-electron chi connectivity index (χ0n) is 14.0. The van der Waals surface area contributed by atoms with Gasteiger partial charge in [0.2, 0.25) is 0 Å². The molecule has 1 heterocycles. The molecule has 8 heteroatoms. The second-order valence-corrected chi connectivity index (χ2v) is 8.44. The Kier molecular flexibility index (Phi) is 4.62. The molecule has 3 atom stereocenters. The Bertz CT molecular complexity index is 948. The number of hydrogen-bond donors (Lipinski definition) is 2. The number of rotatable bonds is 2. The zero-order chi connectivity index (χ0) is 19.4. The highest BCUT2D eigenvalue weighted by molar-refractivity contribution is 7.96. The third kappa shape index (κ3) is 2.55. The Hall–Kier alpha value is -1.90. The summed E-state index contributed by atoms with van der Waals surface area (Å²) in [7, 11) is -4.29. The highest BCUT2D eigenvalue weighted by atomic mass is 32.2. The lowest BCUT2D eigenvalue weighted by Gasteiger charge is -2.24. The molecule has 1 aliphatic carbocycles. The first-order valence-corrected chi connectivity index (χ1v) is 9.46. The van der Waals surface area contributed by atoms with Gasteiger partial charge in [-0.15, -0.1) is 0 Å². The Morgan fingerprint density at radius 3 is 2.27 bits per heavy atom. The number of halogens is 3. The van der Waals surface area contributed by atoms with Crippen LogP contribution in [0.15, 0.2) is 34.8 Å². The van der Waals surface area contributed by atoms with Crippen molar-refractivity contribution in [3.63, 3.8) is 0 Å². The second kappa shape index (κ2) is 6.37. The van der Waals surface area contributed by atoms with E-state index < -0.39 is 50.3 Å². The molecule has 2 N–H and O–H groups in total. The van der Waals surface area contributed by atoms with Crippen LogP contribution in [-0.2, 0) is 9.84 Å². The minimum absolute atomic E-state index is 0.0351. The summed E-state index contributed by atoms with van der Waals surface area (Å²) in [6.07, 6.45) is 2.32. The molecular weight excluding hydrogens is 369 g/mol. The van der Waals surface area contributed by atoms with Gasteiger partial charge in [-0.1, -0.05) is 18.2 Å². The maximum atomic E-state index is 14.5. The van der Waals surface area contributed by atoms with Crippen LogP contribution in [-0.4, -0.2) is 30.0 Å². The number of sulfone groups is 1. The SMILES string of the molecule is Cc1c(C)c(F)c(C(O)C2C(O)C3=C(C=CCC=C3)S2(=O)=O)c(F)c1F. The molecule has 0 bridgehead atoms. The molecule has 0 saturated heterocycles. The maximum absolute atomic E-state index is 14.5. The van der Waals surface area contributed by atoms with E-state index in [-0.39, 0.29) is 21.6 Å². The molecular formula is C18H17F3O4S. The van der Waals surface area contributed by atoms with Gasteiger partial charge in [-0.25, -0.2) is 21.6 Å². The van der Waals surface area contributed by atoms with E-state index in [0.29, 0.717) is 6.42 Å². The molecule has 1 aromatic rings. The first-order valence-electron chi connectivity index (χ1n) is 7.91. The van der Waals surface area contributed by atoms with Gasteiger partial charge in [-0.2, -0.15) is 0 Å². The summed E-state index contributed by atoms with van der Waals surface area (Å²) in [5.74, 6) is -4.25. The maximum Gasteiger partial charge on any atom is 0.187 e. The molecule has 1 aliphatic heterocycles. The van der Waals surface area contributed by atoms with Gasteiger partial charge in [-0.3, -0.25) is 0 Å². The normalized spacial score (nSPS) is 25.3. The van der Waals surface area contributed by atoms with E-state index in [0.717, 1.165) is 0 Å². The van der Waals surface area contributed by atoms with Crippen LogP contribution in [0.2, 0.25) is 0 Å². The summed E-state index contributed by atoms with van der Waals surface area (Å²) in [5.41, 5.74) is -1.57. The van der Waals surface area contributed by atoms with Crippen LogP contribution >= 0.6 is 0 Å². The predicted molar refractivity (Wildman–Crippen MR) is 89.4 cm³/mol. The van der Waals surface area contributed by atoms with E-state index in [4.69, 9.17) is 0 Å². The third-order valence-corrected chi connectivity index (χ3v) is 7.13. The smallest absolute Gasteiger partial charge is 0.187 e. The molecule has 0 aromatic heterocycles. The Morgan fingerprint density at radius 1 is 1.04 bits per heavy atom. The van der Waals surface area contributed by atoms with Crippen molar-refractivity contribution < 1.29 is 31.8 Å². The lowest BCUT2D eigenvalue weighted by molar-refractivity contribution is 0.102. The van der Waals surface area contributed by atoms with Crippen molar-refractivity contribution in [3.8, 4) is 0 Å². The molecule has 0 saturated carbocycles. The van der Waals surface area contributed by atoms with Gasteiger partial charge in [0.05, 0.1) is 10.5 Å². The topological polar surface area (TPSA) is 74.6 Å². The number of allylic oxidation sites excluding steroid dienone is 3. The van der Waals surface area contributed by atoms with Crippen molar-refractivity contribution in [1.82, 2.24) is 0 Å². The van der Waals surface area contributed by atoms with Gasteiger partial charge in [0.25, 0.3) is 0 Å². The molecule has 0 spiro atoms. The number of aliphatic hydroxyl groups is 2. The summed E-state index contributed by atoms with van der Waals surface area (Å²) >= 11 is 0. The summed E-state index contributed by atoms with van der Waals surface area (Å²) in [5, 5.41) is 19.0. The number of aliphatic hydroxyl groups excluding tert-OH is 2. The van der Waals surface area contributed by atoms with Gasteiger partial charge in [0.15, 0.2) is 21.5 Å². The lowest BCUT2D eigenvalue weighted by atomic mass is 9.94. The van der Waals surface area contributed by atoms with Crippen molar-refractivity contribution >= 4 is 9.84 Å². The monoisotopic (exact) mass is 386 g/mol. The molecule has 3 rings (SSSR count). The summed E-state index contributed by atoms with van der Waals surface area (Å²) in [6, 6.07) is 0. The molecule has 4 nitrogen and oxygen atoms in total. The van der Waals surface area contributed by atoms with E-state index in [9.17, 15) is 31.8 Å². The van der Waals surface area contributed by atoms with Gasteiger partial charge < -0.3 is 10.2 Å². The van der Waals surface area contributed by atoms with Crippen LogP contribution < -0.4 is 0 Å². The summed E-state index contributed by atoms with van der Waals surface area (Å²) in [4.78, 5) is -0.215. The fourth-order valence-electron chi connectivity index (χ4n) is 3.30. The van der Waals surface area contributed by atoms with Crippen LogP contribution in [0, 0.1) is 31.3 Å². The molecule has 1 aromatic carbocycles. The third-order valence-electron chi connectivity index (χ3n) is 4.91. The van der Waals surface area contributed by atoms with Crippen LogP contribution in [0.4, 0.5) is 13.2 Å². The first kappa shape index (κ1) is 18.9. The highest BCUT2D eigenvalue weighted by Gasteiger charge is 2.50. The van der Waals surface area contributed by atoms with Crippen molar-refractivity contribution in [2.45, 2.75) is 37.7 Å². The minimum atomic E-state index is -4.29. The van der Waals surface area contributed by atoms with E-state index >= 15 is 0 Å². The summed E-state index contributed by atoms with van der Waals surface area (Å²) in [6.45, 7) is 2.37. The molecule has 0 fully saturated rings. The Balaban J connectivity index is 2.17. The van der Waals surface area contributed by atoms with Gasteiger partial charge >= 0.3 is 0 Å². The lowest BCUT2D eigenvalue weighted by Crippen LogP contribution is -2.36. The van der Waals surface area contributed by atoms with Crippen LogP contribution in [0.3, 0.4) is 0 Å².